The van der Waals surface area contributed by atoms with Gasteiger partial charge in [0.15, 0.2) is 6.61 Å². The zero-order valence-corrected chi connectivity index (χ0v) is 16.4. The summed E-state index contributed by atoms with van der Waals surface area (Å²) in [6.45, 7) is 0.418. The molecular weight excluding hydrogens is 395 g/mol. The fourth-order valence-electron chi connectivity index (χ4n) is 3.37. The Balaban J connectivity index is 1.58. The summed E-state index contributed by atoms with van der Waals surface area (Å²) >= 11 is 0. The third-order valence-corrected chi connectivity index (χ3v) is 5.23. The van der Waals surface area contributed by atoms with Crippen LogP contribution in [0.1, 0.15) is 26.2 Å². The summed E-state index contributed by atoms with van der Waals surface area (Å²) in [5.41, 5.74) is -0.661. The predicted molar refractivity (Wildman–Crippen MR) is 101 cm³/mol. The van der Waals surface area contributed by atoms with Crippen LogP contribution >= 0.6 is 0 Å². The molecule has 4 amide bonds. The van der Waals surface area contributed by atoms with Crippen LogP contribution in [0.5, 0.6) is 0 Å². The van der Waals surface area contributed by atoms with Gasteiger partial charge < -0.3 is 15.0 Å². The number of benzene rings is 1. The second-order valence-electron chi connectivity index (χ2n) is 7.39. The van der Waals surface area contributed by atoms with E-state index in [9.17, 15) is 23.6 Å². The molecule has 0 aromatic heterocycles. The van der Waals surface area contributed by atoms with Crippen molar-refractivity contribution in [1.29, 1.82) is 5.26 Å². The summed E-state index contributed by atoms with van der Waals surface area (Å²) in [5, 5.41) is 11.4. The first-order chi connectivity index (χ1) is 14.3. The highest BCUT2D eigenvalue weighted by atomic mass is 19.1. The Morgan fingerprint density at radius 1 is 1.33 bits per heavy atom. The number of nitrogens with one attached hydrogen (secondary N) is 1. The quantitative estimate of drug-likeness (QED) is 0.504. The van der Waals surface area contributed by atoms with Gasteiger partial charge in [-0.1, -0.05) is 0 Å². The molecule has 1 aromatic carbocycles. The standard InChI is InChI=1S/C20H21FN4O5/c1-20(13-3-4-13)18(28)25(19(29)23-20)11-17(27)30-12-16(26)24(10-2-9-22)15-7-5-14(21)6-8-15/h5-8,13H,2-4,10-12H2,1H3,(H,23,29). The zero-order chi connectivity index (χ0) is 21.9. The molecule has 1 unspecified atom stereocenters. The van der Waals surface area contributed by atoms with E-state index in [1.165, 1.54) is 29.2 Å². The number of urea groups is 1. The van der Waals surface area contributed by atoms with Crippen LogP contribution in [0.15, 0.2) is 24.3 Å². The Morgan fingerprint density at radius 3 is 2.60 bits per heavy atom. The molecule has 9 nitrogen and oxygen atoms in total. The van der Waals surface area contributed by atoms with Gasteiger partial charge in [-0.2, -0.15) is 5.26 Å². The van der Waals surface area contributed by atoms with Gasteiger partial charge in [-0.3, -0.25) is 19.3 Å². The maximum absolute atomic E-state index is 13.1. The van der Waals surface area contributed by atoms with E-state index in [1.807, 2.05) is 6.07 Å². The highest BCUT2D eigenvalue weighted by molar-refractivity contribution is 6.09. The van der Waals surface area contributed by atoms with Crippen molar-refractivity contribution in [3.63, 3.8) is 0 Å². The van der Waals surface area contributed by atoms with Crippen LogP contribution in [0.4, 0.5) is 14.9 Å². The lowest BCUT2D eigenvalue weighted by molar-refractivity contribution is -0.150. The first-order valence-corrected chi connectivity index (χ1v) is 9.49. The zero-order valence-electron chi connectivity index (χ0n) is 16.4. The van der Waals surface area contributed by atoms with Crippen LogP contribution in [0.25, 0.3) is 0 Å². The molecule has 2 fully saturated rings. The maximum Gasteiger partial charge on any atom is 0.326 e. The van der Waals surface area contributed by atoms with Gasteiger partial charge >= 0.3 is 12.0 Å². The predicted octanol–water partition coefficient (Wildman–Crippen LogP) is 1.34. The number of nitriles is 1. The minimum absolute atomic E-state index is 0.0270. The number of esters is 1. The Kier molecular flexibility index (Phi) is 6.01. The minimum Gasteiger partial charge on any atom is -0.454 e. The molecule has 0 radical (unpaired) electrons. The Morgan fingerprint density at radius 2 is 2.00 bits per heavy atom. The van der Waals surface area contributed by atoms with Crippen molar-refractivity contribution in [1.82, 2.24) is 10.2 Å². The molecule has 1 saturated carbocycles. The molecule has 30 heavy (non-hydrogen) atoms. The number of hydrogen-bond acceptors (Lipinski definition) is 6. The molecule has 1 aromatic rings. The molecule has 1 atom stereocenters. The average Bonchev–Trinajstić information content (AvgIpc) is 3.54. The van der Waals surface area contributed by atoms with Gasteiger partial charge in [0.25, 0.3) is 11.8 Å². The van der Waals surface area contributed by atoms with E-state index >= 15 is 0 Å². The van der Waals surface area contributed by atoms with Crippen molar-refractivity contribution in [3.8, 4) is 6.07 Å². The maximum atomic E-state index is 13.1. The minimum atomic E-state index is -1.01. The number of anilines is 1. The van der Waals surface area contributed by atoms with Gasteiger partial charge in [-0.15, -0.1) is 0 Å². The largest absolute Gasteiger partial charge is 0.454 e. The van der Waals surface area contributed by atoms with E-state index < -0.39 is 48.3 Å². The van der Waals surface area contributed by atoms with Gasteiger partial charge in [0.1, 0.15) is 17.9 Å². The molecule has 1 saturated heterocycles. The van der Waals surface area contributed by atoms with E-state index in [0.29, 0.717) is 5.69 Å². The van der Waals surface area contributed by atoms with Crippen molar-refractivity contribution in [2.75, 3.05) is 24.6 Å². The van der Waals surface area contributed by atoms with E-state index in [2.05, 4.69) is 5.32 Å². The number of hydrogen-bond donors (Lipinski definition) is 1. The number of carbonyl (C=O) groups is 4. The third-order valence-electron chi connectivity index (χ3n) is 5.23. The molecule has 158 valence electrons. The number of halogens is 1. The molecule has 1 aliphatic carbocycles. The molecule has 1 aliphatic heterocycles. The first-order valence-electron chi connectivity index (χ1n) is 9.49. The fraction of sp³-hybridized carbons (Fsp3) is 0.450. The van der Waals surface area contributed by atoms with Crippen molar-refractivity contribution in [2.24, 2.45) is 5.92 Å². The summed E-state index contributed by atoms with van der Waals surface area (Å²) in [6.07, 6.45) is 1.69. The van der Waals surface area contributed by atoms with Gasteiger partial charge in [-0.25, -0.2) is 9.18 Å². The van der Waals surface area contributed by atoms with Gasteiger partial charge in [-0.05, 0) is 49.9 Å². The molecule has 3 rings (SSSR count). The topological polar surface area (TPSA) is 120 Å². The Bertz CT molecular complexity index is 909. The van der Waals surface area contributed by atoms with Crippen LogP contribution in [-0.2, 0) is 19.1 Å². The van der Waals surface area contributed by atoms with E-state index in [-0.39, 0.29) is 18.9 Å². The number of imide groups is 1. The Hall–Kier alpha value is -3.48. The Labute approximate surface area is 172 Å². The SMILES string of the molecule is CC1(C2CC2)NC(=O)N(CC(=O)OCC(=O)N(CCC#N)c2ccc(F)cc2)C1=O. The number of ether oxygens (including phenoxy) is 1. The molecule has 0 bridgehead atoms. The summed E-state index contributed by atoms with van der Waals surface area (Å²) in [5.74, 6) is -2.44. The fourth-order valence-corrected chi connectivity index (χ4v) is 3.37. The number of rotatable bonds is 8. The molecule has 1 heterocycles. The summed E-state index contributed by atoms with van der Waals surface area (Å²) in [7, 11) is 0. The van der Waals surface area contributed by atoms with Crippen molar-refractivity contribution in [2.45, 2.75) is 31.7 Å². The summed E-state index contributed by atoms with van der Waals surface area (Å²) in [4.78, 5) is 51.2. The molecule has 0 spiro atoms. The van der Waals surface area contributed by atoms with Crippen molar-refractivity contribution < 1.29 is 28.3 Å². The molecule has 2 aliphatic rings. The van der Waals surface area contributed by atoms with Crippen LogP contribution < -0.4 is 10.2 Å². The van der Waals surface area contributed by atoms with Gasteiger partial charge in [0.05, 0.1) is 12.5 Å². The molecular formula is C20H21FN4O5. The third kappa shape index (κ3) is 4.40. The highest BCUT2D eigenvalue weighted by Gasteiger charge is 2.56. The van der Waals surface area contributed by atoms with Crippen LogP contribution in [0.3, 0.4) is 0 Å². The van der Waals surface area contributed by atoms with Gasteiger partial charge in [0.2, 0.25) is 0 Å². The normalized spacial score (nSPS) is 20.5. The average molecular weight is 416 g/mol. The second kappa shape index (κ2) is 8.49. The summed E-state index contributed by atoms with van der Waals surface area (Å²) in [6, 6.07) is 6.33. The highest BCUT2D eigenvalue weighted by Crippen LogP contribution is 2.42. The lowest BCUT2D eigenvalue weighted by atomic mass is 9.96. The van der Waals surface area contributed by atoms with Crippen molar-refractivity contribution >= 4 is 29.5 Å². The molecule has 1 N–H and O–H groups in total. The van der Waals surface area contributed by atoms with E-state index in [1.54, 1.807) is 6.92 Å². The number of amides is 4. The van der Waals surface area contributed by atoms with E-state index in [4.69, 9.17) is 10.00 Å². The number of nitrogens with zero attached hydrogens (tertiary/aromatic N) is 3. The van der Waals surface area contributed by atoms with E-state index in [0.717, 1.165) is 17.7 Å². The second-order valence-corrected chi connectivity index (χ2v) is 7.39. The monoisotopic (exact) mass is 416 g/mol. The van der Waals surface area contributed by atoms with Crippen LogP contribution in [0.2, 0.25) is 0 Å². The lowest BCUT2D eigenvalue weighted by Gasteiger charge is -2.22. The van der Waals surface area contributed by atoms with Crippen LogP contribution in [0, 0.1) is 23.1 Å². The lowest BCUT2D eigenvalue weighted by Crippen LogP contribution is -2.46. The first kappa shape index (κ1) is 21.2. The van der Waals surface area contributed by atoms with Crippen LogP contribution in [-0.4, -0.2) is 54.0 Å². The number of carbonyl (C=O) groups excluding carboxylic acids is 4. The smallest absolute Gasteiger partial charge is 0.326 e. The molecule has 10 heteroatoms. The van der Waals surface area contributed by atoms with Gasteiger partial charge in [0, 0.05) is 12.2 Å². The summed E-state index contributed by atoms with van der Waals surface area (Å²) < 4.78 is 18.1. The van der Waals surface area contributed by atoms with Crippen molar-refractivity contribution in [3.05, 3.63) is 30.1 Å².